The summed E-state index contributed by atoms with van der Waals surface area (Å²) in [6.45, 7) is 4.43. The van der Waals surface area contributed by atoms with Crippen molar-refractivity contribution in [1.82, 2.24) is 4.98 Å². The summed E-state index contributed by atoms with van der Waals surface area (Å²) in [5.74, 6) is 0.390. The minimum absolute atomic E-state index is 0.286. The standard InChI is InChI=1S/C15H17NO/c1-15(2)8-13(15)14(17)12-5-3-4-10-9-16-7-6-11(10)12/h3-7,9,13-14,17H,8H2,1-2H3. The number of hydrogen-bond acceptors (Lipinski definition) is 2. The molecule has 0 amide bonds. The zero-order valence-electron chi connectivity index (χ0n) is 10.2. The molecule has 1 aliphatic carbocycles. The van der Waals surface area contributed by atoms with E-state index < -0.39 is 0 Å². The molecule has 0 saturated heterocycles. The lowest BCUT2D eigenvalue weighted by molar-refractivity contribution is 0.140. The lowest BCUT2D eigenvalue weighted by Crippen LogP contribution is -2.05. The molecular formula is C15H17NO. The van der Waals surface area contributed by atoms with Crippen LogP contribution in [0, 0.1) is 11.3 Å². The molecular weight excluding hydrogens is 210 g/mol. The number of fused-ring (bicyclic) bond motifs is 1. The highest BCUT2D eigenvalue weighted by Gasteiger charge is 2.50. The van der Waals surface area contributed by atoms with Gasteiger partial charge in [0.15, 0.2) is 0 Å². The molecule has 1 fully saturated rings. The molecule has 1 saturated carbocycles. The van der Waals surface area contributed by atoms with Gasteiger partial charge in [0.05, 0.1) is 6.10 Å². The first-order valence-electron chi connectivity index (χ1n) is 6.10. The predicted molar refractivity (Wildman–Crippen MR) is 68.6 cm³/mol. The van der Waals surface area contributed by atoms with Crippen LogP contribution in [0.5, 0.6) is 0 Å². The van der Waals surface area contributed by atoms with E-state index in [0.717, 1.165) is 22.8 Å². The zero-order valence-corrected chi connectivity index (χ0v) is 10.2. The van der Waals surface area contributed by atoms with Crippen LogP contribution in [0.1, 0.15) is 31.9 Å². The Bertz CT molecular complexity index is 556. The second kappa shape index (κ2) is 3.54. The van der Waals surface area contributed by atoms with Crippen molar-refractivity contribution < 1.29 is 5.11 Å². The van der Waals surface area contributed by atoms with Gasteiger partial charge in [-0.25, -0.2) is 0 Å². The van der Waals surface area contributed by atoms with Crippen molar-refractivity contribution in [3.8, 4) is 0 Å². The highest BCUT2D eigenvalue weighted by Crippen LogP contribution is 2.58. The smallest absolute Gasteiger partial charge is 0.0829 e. The maximum absolute atomic E-state index is 10.5. The highest BCUT2D eigenvalue weighted by atomic mass is 16.3. The molecule has 1 heterocycles. The minimum atomic E-state index is -0.351. The van der Waals surface area contributed by atoms with Gasteiger partial charge in [0.2, 0.25) is 0 Å². The summed E-state index contributed by atoms with van der Waals surface area (Å²) in [6, 6.07) is 8.05. The maximum Gasteiger partial charge on any atom is 0.0829 e. The van der Waals surface area contributed by atoms with Crippen LogP contribution in [-0.4, -0.2) is 10.1 Å². The molecule has 0 radical (unpaired) electrons. The first kappa shape index (κ1) is 10.7. The van der Waals surface area contributed by atoms with Crippen LogP contribution in [0.15, 0.2) is 36.7 Å². The van der Waals surface area contributed by atoms with Gasteiger partial charge in [-0.15, -0.1) is 0 Å². The zero-order chi connectivity index (χ0) is 12.0. The largest absolute Gasteiger partial charge is 0.388 e. The van der Waals surface area contributed by atoms with Crippen molar-refractivity contribution in [1.29, 1.82) is 0 Å². The monoisotopic (exact) mass is 227 g/mol. The number of aliphatic hydroxyl groups is 1. The molecule has 2 unspecified atom stereocenters. The predicted octanol–water partition coefficient (Wildman–Crippen LogP) is 3.31. The van der Waals surface area contributed by atoms with Gasteiger partial charge in [-0.3, -0.25) is 4.98 Å². The van der Waals surface area contributed by atoms with Crippen LogP contribution in [0.25, 0.3) is 10.8 Å². The number of benzene rings is 1. The SMILES string of the molecule is CC1(C)CC1C(O)c1cccc2cnccc12. The van der Waals surface area contributed by atoms with Crippen LogP contribution in [0.4, 0.5) is 0 Å². The van der Waals surface area contributed by atoms with Gasteiger partial charge >= 0.3 is 0 Å². The topological polar surface area (TPSA) is 33.1 Å². The number of rotatable bonds is 2. The Labute approximate surface area is 101 Å². The summed E-state index contributed by atoms with van der Waals surface area (Å²) in [6.07, 6.45) is 4.40. The van der Waals surface area contributed by atoms with Crippen molar-refractivity contribution >= 4 is 10.8 Å². The molecule has 2 aromatic rings. The molecule has 1 aliphatic rings. The fraction of sp³-hybridized carbons (Fsp3) is 0.400. The van der Waals surface area contributed by atoms with Crippen molar-refractivity contribution in [2.75, 3.05) is 0 Å². The van der Waals surface area contributed by atoms with Crippen LogP contribution in [0.2, 0.25) is 0 Å². The van der Waals surface area contributed by atoms with Crippen LogP contribution >= 0.6 is 0 Å². The Balaban J connectivity index is 2.06. The number of aliphatic hydroxyl groups excluding tert-OH is 1. The van der Waals surface area contributed by atoms with E-state index in [4.69, 9.17) is 0 Å². The molecule has 2 atom stereocenters. The van der Waals surface area contributed by atoms with Crippen molar-refractivity contribution in [3.05, 3.63) is 42.2 Å². The van der Waals surface area contributed by atoms with Crippen molar-refractivity contribution in [2.24, 2.45) is 11.3 Å². The summed E-state index contributed by atoms with van der Waals surface area (Å²) in [4.78, 5) is 4.12. The van der Waals surface area contributed by atoms with E-state index in [1.165, 1.54) is 0 Å². The number of nitrogens with zero attached hydrogens (tertiary/aromatic N) is 1. The van der Waals surface area contributed by atoms with E-state index >= 15 is 0 Å². The average Bonchev–Trinajstić information content (AvgIpc) is 2.97. The Morgan fingerprint density at radius 3 is 2.82 bits per heavy atom. The third-order valence-corrected chi connectivity index (χ3v) is 4.00. The molecule has 0 bridgehead atoms. The number of aromatic nitrogens is 1. The fourth-order valence-electron chi connectivity index (χ4n) is 2.67. The van der Waals surface area contributed by atoms with E-state index in [-0.39, 0.29) is 11.5 Å². The van der Waals surface area contributed by atoms with Gasteiger partial charge in [-0.05, 0) is 34.8 Å². The van der Waals surface area contributed by atoms with Crippen LogP contribution < -0.4 is 0 Å². The summed E-state index contributed by atoms with van der Waals surface area (Å²) in [5.41, 5.74) is 1.33. The Morgan fingerprint density at radius 1 is 1.35 bits per heavy atom. The van der Waals surface area contributed by atoms with Gasteiger partial charge in [-0.1, -0.05) is 32.0 Å². The average molecular weight is 227 g/mol. The molecule has 0 spiro atoms. The second-order valence-electron chi connectivity index (χ2n) is 5.69. The second-order valence-corrected chi connectivity index (χ2v) is 5.69. The Kier molecular flexibility index (Phi) is 2.23. The lowest BCUT2D eigenvalue weighted by Gasteiger charge is -2.15. The summed E-state index contributed by atoms with van der Waals surface area (Å²) in [5, 5.41) is 12.7. The van der Waals surface area contributed by atoms with Crippen molar-refractivity contribution in [3.63, 3.8) is 0 Å². The molecule has 2 nitrogen and oxygen atoms in total. The normalized spacial score (nSPS) is 23.6. The van der Waals surface area contributed by atoms with Crippen LogP contribution in [-0.2, 0) is 0 Å². The quantitative estimate of drug-likeness (QED) is 0.853. The Morgan fingerprint density at radius 2 is 2.12 bits per heavy atom. The summed E-state index contributed by atoms with van der Waals surface area (Å²) in [7, 11) is 0. The van der Waals surface area contributed by atoms with Crippen LogP contribution in [0.3, 0.4) is 0 Å². The third kappa shape index (κ3) is 1.73. The molecule has 0 aliphatic heterocycles. The van der Waals surface area contributed by atoms with E-state index in [2.05, 4.69) is 18.8 Å². The van der Waals surface area contributed by atoms with Gasteiger partial charge in [0.25, 0.3) is 0 Å². The summed E-state index contributed by atoms with van der Waals surface area (Å²) < 4.78 is 0. The van der Waals surface area contributed by atoms with E-state index in [0.29, 0.717) is 5.92 Å². The Hall–Kier alpha value is -1.41. The first-order chi connectivity index (χ1) is 8.09. The molecule has 1 N–H and O–H groups in total. The fourth-order valence-corrected chi connectivity index (χ4v) is 2.67. The molecule has 3 rings (SSSR count). The van der Waals surface area contributed by atoms with E-state index in [9.17, 15) is 5.11 Å². The molecule has 1 aromatic heterocycles. The van der Waals surface area contributed by atoms with Gasteiger partial charge < -0.3 is 5.11 Å². The third-order valence-electron chi connectivity index (χ3n) is 4.00. The number of pyridine rings is 1. The van der Waals surface area contributed by atoms with Gasteiger partial charge in [0.1, 0.15) is 0 Å². The van der Waals surface area contributed by atoms with E-state index in [1.807, 2.05) is 30.5 Å². The molecule has 88 valence electrons. The van der Waals surface area contributed by atoms with Gasteiger partial charge in [0, 0.05) is 17.8 Å². The highest BCUT2D eigenvalue weighted by molar-refractivity contribution is 5.85. The van der Waals surface area contributed by atoms with Crippen molar-refractivity contribution in [2.45, 2.75) is 26.4 Å². The molecule has 1 aromatic carbocycles. The van der Waals surface area contributed by atoms with E-state index in [1.54, 1.807) is 6.20 Å². The first-order valence-corrected chi connectivity index (χ1v) is 6.10. The molecule has 17 heavy (non-hydrogen) atoms. The van der Waals surface area contributed by atoms with Gasteiger partial charge in [-0.2, -0.15) is 0 Å². The lowest BCUT2D eigenvalue weighted by atomic mass is 9.96. The minimum Gasteiger partial charge on any atom is -0.388 e. The molecule has 2 heteroatoms. The summed E-state index contributed by atoms with van der Waals surface area (Å²) >= 11 is 0. The maximum atomic E-state index is 10.5. The number of hydrogen-bond donors (Lipinski definition) is 1.